The Morgan fingerprint density at radius 2 is 1.43 bits per heavy atom. The van der Waals surface area contributed by atoms with Gasteiger partial charge in [-0.2, -0.15) is 0 Å². The summed E-state index contributed by atoms with van der Waals surface area (Å²) in [7, 11) is 0. The van der Waals surface area contributed by atoms with E-state index in [-0.39, 0.29) is 11.1 Å². The number of thiocarbonyl (C=S) groups is 1. The van der Waals surface area contributed by atoms with Crippen LogP contribution in [-0.4, -0.2) is 11.1 Å². The summed E-state index contributed by atoms with van der Waals surface area (Å²) in [4.78, 5) is 12.6. The van der Waals surface area contributed by atoms with Crippen molar-refractivity contribution in [3.63, 3.8) is 0 Å². The van der Waals surface area contributed by atoms with E-state index in [1.54, 1.807) is 24.3 Å². The number of benzene rings is 4. The van der Waals surface area contributed by atoms with E-state index in [2.05, 4.69) is 10.6 Å². The first kappa shape index (κ1) is 19.6. The lowest BCUT2D eigenvalue weighted by molar-refractivity contribution is 0.102. The summed E-state index contributed by atoms with van der Waals surface area (Å²) in [5.41, 5.74) is 3.32. The average molecular weight is 413 g/mol. The molecule has 0 spiro atoms. The van der Waals surface area contributed by atoms with Crippen molar-refractivity contribution in [3.05, 3.63) is 102 Å². The standard InChI is InChI=1S/C25H20N2O2S/c1-17-6-11-21(12-7-17)27-25(30)29-23-14-9-19(10-15-23)24(28)26-22-13-8-18-4-2-3-5-20(18)16-22/h2-16H,1H3,(H,26,28)(H,27,30). The van der Waals surface area contributed by atoms with E-state index in [0.29, 0.717) is 11.3 Å². The fourth-order valence-electron chi connectivity index (χ4n) is 3.03. The lowest BCUT2D eigenvalue weighted by atomic mass is 10.1. The molecule has 0 saturated heterocycles. The van der Waals surface area contributed by atoms with Crippen LogP contribution < -0.4 is 15.4 Å². The molecule has 0 unspecified atom stereocenters. The number of fused-ring (bicyclic) bond motifs is 1. The van der Waals surface area contributed by atoms with Gasteiger partial charge in [0.05, 0.1) is 0 Å². The van der Waals surface area contributed by atoms with Crippen LogP contribution in [0.1, 0.15) is 15.9 Å². The van der Waals surface area contributed by atoms with Gasteiger partial charge < -0.3 is 15.4 Å². The molecule has 0 radical (unpaired) electrons. The molecule has 1 amide bonds. The predicted octanol–water partition coefficient (Wildman–Crippen LogP) is 6.18. The van der Waals surface area contributed by atoms with Gasteiger partial charge in [0, 0.05) is 16.9 Å². The molecule has 4 aromatic rings. The summed E-state index contributed by atoms with van der Waals surface area (Å²) < 4.78 is 5.64. The molecule has 4 aromatic carbocycles. The highest BCUT2D eigenvalue weighted by Crippen LogP contribution is 2.20. The van der Waals surface area contributed by atoms with Crippen molar-refractivity contribution in [2.24, 2.45) is 0 Å². The summed E-state index contributed by atoms with van der Waals surface area (Å²) in [6.07, 6.45) is 0. The van der Waals surface area contributed by atoms with E-state index in [1.165, 1.54) is 5.56 Å². The number of rotatable bonds is 4. The number of aryl methyl sites for hydroxylation is 1. The topological polar surface area (TPSA) is 50.4 Å². The lowest BCUT2D eigenvalue weighted by Gasteiger charge is -2.10. The third-order valence-corrected chi connectivity index (χ3v) is 4.82. The Kier molecular flexibility index (Phi) is 5.72. The van der Waals surface area contributed by atoms with Crippen molar-refractivity contribution in [3.8, 4) is 5.75 Å². The molecular weight excluding hydrogens is 392 g/mol. The number of ether oxygens (including phenoxy) is 1. The van der Waals surface area contributed by atoms with Crippen LogP contribution in [0.15, 0.2) is 91.0 Å². The molecule has 0 atom stereocenters. The number of anilines is 2. The van der Waals surface area contributed by atoms with Gasteiger partial charge in [0.2, 0.25) is 0 Å². The average Bonchev–Trinajstić information content (AvgIpc) is 2.76. The van der Waals surface area contributed by atoms with Gasteiger partial charge >= 0.3 is 0 Å². The third kappa shape index (κ3) is 4.82. The molecule has 4 rings (SSSR count). The fourth-order valence-corrected chi connectivity index (χ4v) is 3.25. The molecule has 30 heavy (non-hydrogen) atoms. The quantitative estimate of drug-likeness (QED) is 0.393. The van der Waals surface area contributed by atoms with Crippen LogP contribution >= 0.6 is 12.2 Å². The molecule has 0 bridgehead atoms. The highest BCUT2D eigenvalue weighted by Gasteiger charge is 2.08. The highest BCUT2D eigenvalue weighted by molar-refractivity contribution is 7.80. The van der Waals surface area contributed by atoms with Crippen LogP contribution in [0, 0.1) is 6.92 Å². The van der Waals surface area contributed by atoms with E-state index in [9.17, 15) is 4.79 Å². The maximum Gasteiger partial charge on any atom is 0.266 e. The molecule has 2 N–H and O–H groups in total. The van der Waals surface area contributed by atoms with E-state index in [4.69, 9.17) is 17.0 Å². The molecule has 0 saturated carbocycles. The van der Waals surface area contributed by atoms with Gasteiger partial charge in [-0.15, -0.1) is 0 Å². The normalized spacial score (nSPS) is 10.4. The second-order valence-corrected chi connectivity index (χ2v) is 7.29. The van der Waals surface area contributed by atoms with Gasteiger partial charge in [0.1, 0.15) is 5.75 Å². The predicted molar refractivity (Wildman–Crippen MR) is 126 cm³/mol. The van der Waals surface area contributed by atoms with E-state index < -0.39 is 0 Å². The SMILES string of the molecule is Cc1ccc(NC(=S)Oc2ccc(C(=O)Nc3ccc4ccccc4c3)cc2)cc1. The first-order valence-corrected chi connectivity index (χ1v) is 9.93. The minimum atomic E-state index is -0.183. The fraction of sp³-hybridized carbons (Fsp3) is 0.0400. The van der Waals surface area contributed by atoms with Crippen LogP contribution in [0.5, 0.6) is 5.75 Å². The number of nitrogens with one attached hydrogen (secondary N) is 2. The summed E-state index contributed by atoms with van der Waals surface area (Å²) in [5, 5.41) is 8.41. The van der Waals surface area contributed by atoms with Crippen LogP contribution in [0.3, 0.4) is 0 Å². The summed E-state index contributed by atoms with van der Waals surface area (Å²) in [5.74, 6) is 0.374. The first-order chi connectivity index (χ1) is 14.6. The Labute approximate surface area is 180 Å². The van der Waals surface area contributed by atoms with Crippen molar-refractivity contribution < 1.29 is 9.53 Å². The van der Waals surface area contributed by atoms with Crippen molar-refractivity contribution in [2.45, 2.75) is 6.92 Å². The van der Waals surface area contributed by atoms with E-state index in [1.807, 2.05) is 73.7 Å². The van der Waals surface area contributed by atoms with Gasteiger partial charge in [-0.25, -0.2) is 0 Å². The number of hydrogen-bond acceptors (Lipinski definition) is 3. The maximum atomic E-state index is 12.6. The van der Waals surface area contributed by atoms with E-state index in [0.717, 1.165) is 22.1 Å². The number of carbonyl (C=O) groups is 1. The minimum absolute atomic E-state index is 0.183. The molecule has 0 fully saturated rings. The number of hydrogen-bond donors (Lipinski definition) is 2. The largest absolute Gasteiger partial charge is 0.432 e. The molecule has 5 heteroatoms. The van der Waals surface area contributed by atoms with Crippen molar-refractivity contribution in [1.29, 1.82) is 0 Å². The number of carbonyl (C=O) groups excluding carboxylic acids is 1. The van der Waals surface area contributed by atoms with Crippen molar-refractivity contribution in [1.82, 2.24) is 0 Å². The zero-order valence-electron chi connectivity index (χ0n) is 16.4. The summed E-state index contributed by atoms with van der Waals surface area (Å²) in [6, 6.07) is 28.6. The smallest absolute Gasteiger partial charge is 0.266 e. The van der Waals surface area contributed by atoms with Gasteiger partial charge in [0.25, 0.3) is 11.1 Å². The Hall–Kier alpha value is -3.70. The molecule has 0 aliphatic heterocycles. The number of amides is 1. The lowest BCUT2D eigenvalue weighted by Crippen LogP contribution is -2.16. The van der Waals surface area contributed by atoms with Crippen LogP contribution in [0.2, 0.25) is 0 Å². The Morgan fingerprint density at radius 3 is 2.17 bits per heavy atom. The monoisotopic (exact) mass is 412 g/mol. The molecule has 0 aromatic heterocycles. The van der Waals surface area contributed by atoms with Crippen molar-refractivity contribution in [2.75, 3.05) is 10.6 Å². The molecule has 4 nitrogen and oxygen atoms in total. The van der Waals surface area contributed by atoms with Crippen LogP contribution in [-0.2, 0) is 0 Å². The maximum absolute atomic E-state index is 12.6. The first-order valence-electron chi connectivity index (χ1n) is 9.52. The third-order valence-electron chi connectivity index (χ3n) is 4.63. The second kappa shape index (κ2) is 8.76. The molecule has 148 valence electrons. The molecule has 0 heterocycles. The zero-order chi connectivity index (χ0) is 20.9. The Balaban J connectivity index is 1.37. The minimum Gasteiger partial charge on any atom is -0.432 e. The van der Waals surface area contributed by atoms with Crippen LogP contribution in [0.4, 0.5) is 11.4 Å². The van der Waals surface area contributed by atoms with Gasteiger partial charge in [-0.05, 0) is 78.4 Å². The van der Waals surface area contributed by atoms with Gasteiger partial charge in [-0.3, -0.25) is 4.79 Å². The van der Waals surface area contributed by atoms with Gasteiger partial charge in [-0.1, -0.05) is 48.0 Å². The molecule has 0 aliphatic carbocycles. The van der Waals surface area contributed by atoms with Crippen LogP contribution in [0.25, 0.3) is 10.8 Å². The Morgan fingerprint density at radius 1 is 0.767 bits per heavy atom. The van der Waals surface area contributed by atoms with Gasteiger partial charge in [0.15, 0.2) is 0 Å². The highest BCUT2D eigenvalue weighted by atomic mass is 32.1. The zero-order valence-corrected chi connectivity index (χ0v) is 17.2. The summed E-state index contributed by atoms with van der Waals surface area (Å²) in [6.45, 7) is 2.02. The second-order valence-electron chi connectivity index (χ2n) is 6.92. The molecule has 0 aliphatic rings. The molecular formula is C25H20N2O2S. The van der Waals surface area contributed by atoms with Crippen molar-refractivity contribution >= 4 is 45.4 Å². The van der Waals surface area contributed by atoms with E-state index >= 15 is 0 Å². The Bertz CT molecular complexity index is 1200. The summed E-state index contributed by atoms with van der Waals surface area (Å²) >= 11 is 5.25.